The van der Waals surface area contributed by atoms with E-state index in [1.807, 2.05) is 0 Å². The number of hydrogen-bond acceptors (Lipinski definition) is 3. The van der Waals surface area contributed by atoms with E-state index in [1.165, 1.54) is 0 Å². The molecule has 0 saturated carbocycles. The molecule has 0 radical (unpaired) electrons. The zero-order valence-corrected chi connectivity index (χ0v) is 10.1. The molecule has 1 aromatic heterocycles. The molecule has 96 valence electrons. The highest BCUT2D eigenvalue weighted by Crippen LogP contribution is 2.21. The van der Waals surface area contributed by atoms with Crippen LogP contribution in [0.2, 0.25) is 0 Å². The van der Waals surface area contributed by atoms with E-state index in [0.29, 0.717) is 31.7 Å². The molecule has 0 unspecified atom stereocenters. The van der Waals surface area contributed by atoms with Gasteiger partial charge >= 0.3 is 0 Å². The Bertz CT molecular complexity index is 439. The normalized spacial score (nSPS) is 19.0. The smallest absolute Gasteiger partial charge is 0.243 e. The lowest BCUT2D eigenvalue weighted by Gasteiger charge is -2.22. The van der Waals surface area contributed by atoms with E-state index in [9.17, 15) is 9.59 Å². The molecule has 1 aliphatic rings. The summed E-state index contributed by atoms with van der Waals surface area (Å²) in [5, 5.41) is 2.72. The van der Waals surface area contributed by atoms with Crippen molar-refractivity contribution in [3.63, 3.8) is 0 Å². The summed E-state index contributed by atoms with van der Waals surface area (Å²) in [4.78, 5) is 25.2. The number of furan rings is 1. The van der Waals surface area contributed by atoms with Crippen molar-refractivity contribution in [3.8, 4) is 0 Å². The summed E-state index contributed by atoms with van der Waals surface area (Å²) in [5.74, 6) is 0.546. The predicted octanol–water partition coefficient (Wildman–Crippen LogP) is 1.07. The van der Waals surface area contributed by atoms with Crippen molar-refractivity contribution in [1.29, 1.82) is 0 Å². The molecule has 18 heavy (non-hydrogen) atoms. The third-order valence-corrected chi connectivity index (χ3v) is 2.96. The van der Waals surface area contributed by atoms with Gasteiger partial charge in [-0.1, -0.05) is 6.08 Å². The molecule has 5 heteroatoms. The molecule has 2 heterocycles. The van der Waals surface area contributed by atoms with Crippen LogP contribution < -0.4 is 5.32 Å². The average molecular weight is 248 g/mol. The van der Waals surface area contributed by atoms with E-state index in [0.717, 1.165) is 0 Å². The van der Waals surface area contributed by atoms with Crippen molar-refractivity contribution in [1.82, 2.24) is 10.2 Å². The standard InChI is InChI=1S/C13H16N2O3/c1-2-7-14-13(17)11-5-6-12(16)15(11)9-10-4-3-8-18-10/h2-4,8,11H,1,5-7,9H2,(H,14,17)/t11-/m1/s1. The SMILES string of the molecule is C=CCNC(=O)[C@H]1CCC(=O)N1Cc1ccco1. The maximum atomic E-state index is 11.9. The van der Waals surface area contributed by atoms with Gasteiger partial charge in [0.05, 0.1) is 12.8 Å². The van der Waals surface area contributed by atoms with Crippen LogP contribution in [0.1, 0.15) is 18.6 Å². The zero-order valence-electron chi connectivity index (χ0n) is 10.1. The molecule has 0 spiro atoms. The first-order valence-corrected chi connectivity index (χ1v) is 5.93. The van der Waals surface area contributed by atoms with Crippen LogP contribution in [0.3, 0.4) is 0 Å². The first-order chi connectivity index (χ1) is 8.72. The number of amides is 2. The van der Waals surface area contributed by atoms with Gasteiger partial charge in [-0.05, 0) is 18.6 Å². The number of carbonyl (C=O) groups is 2. The maximum absolute atomic E-state index is 11.9. The summed E-state index contributed by atoms with van der Waals surface area (Å²) < 4.78 is 5.21. The van der Waals surface area contributed by atoms with Crippen LogP contribution in [0.4, 0.5) is 0 Å². The summed E-state index contributed by atoms with van der Waals surface area (Å²) >= 11 is 0. The fourth-order valence-corrected chi connectivity index (χ4v) is 2.07. The van der Waals surface area contributed by atoms with Gasteiger partial charge in [0.2, 0.25) is 11.8 Å². The Hall–Kier alpha value is -2.04. The Morgan fingerprint density at radius 1 is 1.67 bits per heavy atom. The number of hydrogen-bond donors (Lipinski definition) is 1. The predicted molar refractivity (Wildman–Crippen MR) is 65.5 cm³/mol. The quantitative estimate of drug-likeness (QED) is 0.793. The minimum absolute atomic E-state index is 0.00912. The highest BCUT2D eigenvalue weighted by molar-refractivity contribution is 5.90. The number of likely N-dealkylation sites (tertiary alicyclic amines) is 1. The molecule has 1 fully saturated rings. The second-order valence-corrected chi connectivity index (χ2v) is 4.19. The molecular formula is C13H16N2O3. The lowest BCUT2D eigenvalue weighted by Crippen LogP contribution is -2.44. The monoisotopic (exact) mass is 248 g/mol. The molecule has 1 atom stereocenters. The molecule has 0 aromatic carbocycles. The van der Waals surface area contributed by atoms with Crippen LogP contribution in [0.25, 0.3) is 0 Å². The first kappa shape index (κ1) is 12.4. The van der Waals surface area contributed by atoms with Gasteiger partial charge in [-0.25, -0.2) is 0 Å². The summed E-state index contributed by atoms with van der Waals surface area (Å²) in [6.45, 7) is 4.30. The van der Waals surface area contributed by atoms with Crippen molar-refractivity contribution < 1.29 is 14.0 Å². The minimum atomic E-state index is -0.400. The van der Waals surface area contributed by atoms with E-state index < -0.39 is 6.04 Å². The minimum Gasteiger partial charge on any atom is -0.467 e. The largest absolute Gasteiger partial charge is 0.467 e. The van der Waals surface area contributed by atoms with Crippen LogP contribution in [0.15, 0.2) is 35.5 Å². The van der Waals surface area contributed by atoms with Gasteiger partial charge in [0.25, 0.3) is 0 Å². The van der Waals surface area contributed by atoms with Gasteiger partial charge in [-0.15, -0.1) is 6.58 Å². The van der Waals surface area contributed by atoms with Crippen molar-refractivity contribution in [3.05, 3.63) is 36.8 Å². The van der Waals surface area contributed by atoms with Crippen LogP contribution in [-0.2, 0) is 16.1 Å². The third-order valence-electron chi connectivity index (χ3n) is 2.96. The molecule has 1 aliphatic heterocycles. The zero-order chi connectivity index (χ0) is 13.0. The summed E-state index contributed by atoms with van der Waals surface area (Å²) in [6.07, 6.45) is 4.14. The van der Waals surface area contributed by atoms with Crippen molar-refractivity contribution in [2.75, 3.05) is 6.54 Å². The Kier molecular flexibility index (Phi) is 3.82. The van der Waals surface area contributed by atoms with Gasteiger partial charge in [-0.2, -0.15) is 0 Å². The van der Waals surface area contributed by atoms with Gasteiger partial charge in [-0.3, -0.25) is 9.59 Å². The van der Waals surface area contributed by atoms with E-state index in [1.54, 1.807) is 29.4 Å². The highest BCUT2D eigenvalue weighted by Gasteiger charge is 2.36. The van der Waals surface area contributed by atoms with E-state index in [2.05, 4.69) is 11.9 Å². The van der Waals surface area contributed by atoms with Crippen LogP contribution in [0, 0.1) is 0 Å². The van der Waals surface area contributed by atoms with Crippen LogP contribution >= 0.6 is 0 Å². The van der Waals surface area contributed by atoms with Gasteiger partial charge < -0.3 is 14.6 Å². The molecule has 1 saturated heterocycles. The van der Waals surface area contributed by atoms with E-state index in [-0.39, 0.29) is 11.8 Å². The van der Waals surface area contributed by atoms with Gasteiger partial charge in [0.1, 0.15) is 11.8 Å². The van der Waals surface area contributed by atoms with Crippen LogP contribution in [0.5, 0.6) is 0 Å². The number of carbonyl (C=O) groups excluding carboxylic acids is 2. The lowest BCUT2D eigenvalue weighted by atomic mass is 10.2. The summed E-state index contributed by atoms with van der Waals surface area (Å²) in [5.41, 5.74) is 0. The van der Waals surface area contributed by atoms with Gasteiger partial charge in [0.15, 0.2) is 0 Å². The molecule has 1 N–H and O–H groups in total. The Labute approximate surface area is 105 Å². The lowest BCUT2D eigenvalue weighted by molar-refractivity contribution is -0.135. The second kappa shape index (κ2) is 5.53. The molecule has 0 aliphatic carbocycles. The van der Waals surface area contributed by atoms with Crippen molar-refractivity contribution in [2.24, 2.45) is 0 Å². The molecule has 2 rings (SSSR count). The summed E-state index contributed by atoms with van der Waals surface area (Å²) in [6, 6.07) is 3.16. The fraction of sp³-hybridized carbons (Fsp3) is 0.385. The second-order valence-electron chi connectivity index (χ2n) is 4.19. The molecule has 2 amide bonds. The topological polar surface area (TPSA) is 62.6 Å². The molecular weight excluding hydrogens is 232 g/mol. The first-order valence-electron chi connectivity index (χ1n) is 5.93. The molecule has 5 nitrogen and oxygen atoms in total. The summed E-state index contributed by atoms with van der Waals surface area (Å²) in [7, 11) is 0. The third kappa shape index (κ3) is 2.61. The fourth-order valence-electron chi connectivity index (χ4n) is 2.07. The van der Waals surface area contributed by atoms with Crippen molar-refractivity contribution >= 4 is 11.8 Å². The Morgan fingerprint density at radius 2 is 2.50 bits per heavy atom. The number of rotatable bonds is 5. The maximum Gasteiger partial charge on any atom is 0.243 e. The molecule has 0 bridgehead atoms. The molecule has 1 aromatic rings. The van der Waals surface area contributed by atoms with E-state index in [4.69, 9.17) is 4.42 Å². The Morgan fingerprint density at radius 3 is 3.17 bits per heavy atom. The van der Waals surface area contributed by atoms with Crippen LogP contribution in [-0.4, -0.2) is 29.3 Å². The number of nitrogens with zero attached hydrogens (tertiary/aromatic N) is 1. The van der Waals surface area contributed by atoms with E-state index >= 15 is 0 Å². The van der Waals surface area contributed by atoms with Crippen molar-refractivity contribution in [2.45, 2.75) is 25.4 Å². The number of nitrogens with one attached hydrogen (secondary N) is 1. The van der Waals surface area contributed by atoms with Gasteiger partial charge in [0, 0.05) is 13.0 Å². The highest BCUT2D eigenvalue weighted by atomic mass is 16.3. The Balaban J connectivity index is 2.03. The average Bonchev–Trinajstić information content (AvgIpc) is 2.98.